The van der Waals surface area contributed by atoms with Crippen LogP contribution in [0.15, 0.2) is 24.4 Å². The first kappa shape index (κ1) is 23.3. The van der Waals surface area contributed by atoms with Crippen LogP contribution in [0.1, 0.15) is 83.9 Å². The number of H-pyrrole nitrogens is 1. The van der Waals surface area contributed by atoms with Crippen LogP contribution in [0.3, 0.4) is 0 Å². The number of Topliss-reactive ketones (excluding diaryl/α,β-unsaturated/α-hetero) is 1. The molecule has 2 aromatic heterocycles. The van der Waals surface area contributed by atoms with Crippen molar-refractivity contribution < 1.29 is 14.4 Å². The van der Waals surface area contributed by atoms with Crippen LogP contribution in [0.5, 0.6) is 0 Å². The van der Waals surface area contributed by atoms with Crippen molar-refractivity contribution >= 4 is 28.5 Å². The number of aromatic nitrogens is 4. The number of hydrogen-bond donors (Lipinski definition) is 2. The molecule has 3 heterocycles. The Bertz CT molecular complexity index is 1320. The number of nitrogens with zero attached hydrogens (tertiary/aromatic N) is 4. The number of fused-ring (bicyclic) bond motifs is 2. The van der Waals surface area contributed by atoms with Gasteiger partial charge in [-0.15, -0.1) is 0 Å². The predicted octanol–water partition coefficient (Wildman–Crippen LogP) is 3.32. The lowest BCUT2D eigenvalue weighted by atomic mass is 9.67. The summed E-state index contributed by atoms with van der Waals surface area (Å²) in [5, 5.41) is 15.0. The molecule has 1 aromatic carbocycles. The van der Waals surface area contributed by atoms with Gasteiger partial charge in [0, 0.05) is 48.8 Å². The summed E-state index contributed by atoms with van der Waals surface area (Å²) in [6.07, 6.45) is 4.90. The van der Waals surface area contributed by atoms with Gasteiger partial charge in [-0.25, -0.2) is 0 Å². The number of ketones is 1. The molecular weight excluding hydrogens is 444 g/mol. The first-order valence-corrected chi connectivity index (χ1v) is 12.3. The Labute approximate surface area is 204 Å². The molecule has 1 saturated heterocycles. The van der Waals surface area contributed by atoms with Crippen molar-refractivity contribution in [1.82, 2.24) is 30.2 Å². The first-order valence-electron chi connectivity index (χ1n) is 12.3. The van der Waals surface area contributed by atoms with E-state index in [9.17, 15) is 14.4 Å². The summed E-state index contributed by atoms with van der Waals surface area (Å²) < 4.78 is 1.90. The van der Waals surface area contributed by atoms with Crippen molar-refractivity contribution in [2.45, 2.75) is 58.9 Å². The van der Waals surface area contributed by atoms with Crippen molar-refractivity contribution in [3.8, 4) is 0 Å². The summed E-state index contributed by atoms with van der Waals surface area (Å²) >= 11 is 0. The number of carbonyl (C=O) groups excluding carboxylic acids is 3. The highest BCUT2D eigenvalue weighted by Gasteiger charge is 2.43. The molecule has 9 nitrogen and oxygen atoms in total. The van der Waals surface area contributed by atoms with Gasteiger partial charge in [-0.3, -0.25) is 24.2 Å². The third-order valence-corrected chi connectivity index (χ3v) is 7.32. The highest BCUT2D eigenvalue weighted by molar-refractivity contribution is 6.07. The Morgan fingerprint density at radius 3 is 2.60 bits per heavy atom. The lowest BCUT2D eigenvalue weighted by Crippen LogP contribution is -2.46. The normalized spacial score (nSPS) is 17.6. The fourth-order valence-electron chi connectivity index (χ4n) is 5.29. The second kappa shape index (κ2) is 8.32. The number of hydrogen-bond acceptors (Lipinski definition) is 5. The van der Waals surface area contributed by atoms with E-state index in [1.165, 1.54) is 0 Å². The number of aromatic amines is 1. The van der Waals surface area contributed by atoms with Gasteiger partial charge in [0.15, 0.2) is 11.5 Å². The maximum absolute atomic E-state index is 13.3. The number of amides is 2. The van der Waals surface area contributed by atoms with Crippen LogP contribution in [0.2, 0.25) is 0 Å². The van der Waals surface area contributed by atoms with E-state index in [0.29, 0.717) is 53.9 Å². The van der Waals surface area contributed by atoms with Crippen molar-refractivity contribution in [2.75, 3.05) is 19.6 Å². The van der Waals surface area contributed by atoms with Gasteiger partial charge in [0.05, 0.1) is 11.1 Å². The molecule has 0 saturated carbocycles. The Hall–Kier alpha value is -3.49. The van der Waals surface area contributed by atoms with E-state index in [4.69, 9.17) is 0 Å². The van der Waals surface area contributed by atoms with Gasteiger partial charge < -0.3 is 10.2 Å². The summed E-state index contributed by atoms with van der Waals surface area (Å²) in [5.74, 6) is -0.218. The number of rotatable bonds is 3. The van der Waals surface area contributed by atoms with Crippen LogP contribution in [0.4, 0.5) is 0 Å². The molecule has 3 aromatic rings. The van der Waals surface area contributed by atoms with E-state index in [-0.39, 0.29) is 28.6 Å². The summed E-state index contributed by atoms with van der Waals surface area (Å²) in [4.78, 5) is 40.5. The lowest BCUT2D eigenvalue weighted by molar-refractivity contribution is 0.0519. The van der Waals surface area contributed by atoms with Crippen molar-refractivity contribution in [3.63, 3.8) is 0 Å². The molecule has 1 spiro atoms. The number of piperidine rings is 1. The summed E-state index contributed by atoms with van der Waals surface area (Å²) in [7, 11) is 0. The second-order valence-electron chi connectivity index (χ2n) is 10.9. The lowest BCUT2D eigenvalue weighted by Gasteiger charge is -2.43. The molecule has 2 N–H and O–H groups in total. The molecular formula is C26H32N6O3. The van der Waals surface area contributed by atoms with Gasteiger partial charge in [-0.1, -0.05) is 0 Å². The average Bonchev–Trinajstić information content (AvgIpc) is 3.43. The SMILES string of the molecule is CCNC(=O)c1n[nH]c2ccc(C(=O)N3CCC4(CC3)CC(=O)c3nn(C(C)(C)C)cc3C4)cc12. The van der Waals surface area contributed by atoms with E-state index in [2.05, 4.69) is 41.4 Å². The van der Waals surface area contributed by atoms with Crippen molar-refractivity contribution in [2.24, 2.45) is 5.41 Å². The molecule has 0 atom stereocenters. The standard InChI is InChI=1S/C26H32N6O3/c1-5-27-23(34)22-18-12-16(6-7-19(18)28-29-22)24(35)31-10-8-26(9-11-31)13-17-15-32(25(2,3)4)30-21(17)20(33)14-26/h6-7,12,15H,5,8-11,13-14H2,1-4H3,(H,27,34)(H,28,29). The van der Waals surface area contributed by atoms with Crippen LogP contribution >= 0.6 is 0 Å². The molecule has 1 aliphatic heterocycles. The highest BCUT2D eigenvalue weighted by atomic mass is 16.2. The quantitative estimate of drug-likeness (QED) is 0.602. The highest BCUT2D eigenvalue weighted by Crippen LogP contribution is 2.43. The Balaban J connectivity index is 1.32. The zero-order valence-electron chi connectivity index (χ0n) is 20.8. The first-order chi connectivity index (χ1) is 16.6. The maximum Gasteiger partial charge on any atom is 0.272 e. The van der Waals surface area contributed by atoms with Gasteiger partial charge in [-0.05, 0) is 70.6 Å². The Kier molecular flexibility index (Phi) is 5.53. The van der Waals surface area contributed by atoms with Crippen LogP contribution < -0.4 is 5.32 Å². The minimum absolute atomic E-state index is 0.0619. The van der Waals surface area contributed by atoms with Crippen molar-refractivity contribution in [1.29, 1.82) is 0 Å². The van der Waals surface area contributed by atoms with Gasteiger partial charge in [0.25, 0.3) is 11.8 Å². The third-order valence-electron chi connectivity index (χ3n) is 7.32. The molecule has 184 valence electrons. The fourth-order valence-corrected chi connectivity index (χ4v) is 5.29. The molecule has 9 heteroatoms. The fraction of sp³-hybridized carbons (Fsp3) is 0.500. The van der Waals surface area contributed by atoms with Gasteiger partial charge in [0.1, 0.15) is 5.69 Å². The smallest absolute Gasteiger partial charge is 0.272 e. The Morgan fingerprint density at radius 1 is 1.17 bits per heavy atom. The predicted molar refractivity (Wildman–Crippen MR) is 132 cm³/mol. The zero-order valence-corrected chi connectivity index (χ0v) is 20.8. The monoisotopic (exact) mass is 476 g/mol. The molecule has 0 unspecified atom stereocenters. The minimum atomic E-state index is -0.264. The van der Waals surface area contributed by atoms with E-state index in [1.807, 2.05) is 22.7 Å². The van der Waals surface area contributed by atoms with Crippen LogP contribution in [-0.2, 0) is 12.0 Å². The van der Waals surface area contributed by atoms with Gasteiger partial charge >= 0.3 is 0 Å². The van der Waals surface area contributed by atoms with Gasteiger partial charge in [0.2, 0.25) is 0 Å². The van der Waals surface area contributed by atoms with E-state index < -0.39 is 0 Å². The maximum atomic E-state index is 13.3. The van der Waals surface area contributed by atoms with Crippen LogP contribution in [-0.4, -0.2) is 62.1 Å². The number of benzene rings is 1. The molecule has 2 aliphatic rings. The minimum Gasteiger partial charge on any atom is -0.351 e. The molecule has 5 rings (SSSR count). The van der Waals surface area contributed by atoms with E-state index in [1.54, 1.807) is 18.2 Å². The molecule has 1 fully saturated rings. The van der Waals surface area contributed by atoms with Gasteiger partial charge in [-0.2, -0.15) is 10.2 Å². The number of nitrogens with one attached hydrogen (secondary N) is 2. The molecule has 2 amide bonds. The van der Waals surface area contributed by atoms with E-state index >= 15 is 0 Å². The molecule has 0 radical (unpaired) electrons. The molecule has 35 heavy (non-hydrogen) atoms. The summed E-state index contributed by atoms with van der Waals surface area (Å²) in [6.45, 7) is 9.79. The topological polar surface area (TPSA) is 113 Å². The third kappa shape index (κ3) is 4.13. The number of likely N-dealkylation sites (tertiary alicyclic amines) is 1. The largest absolute Gasteiger partial charge is 0.351 e. The van der Waals surface area contributed by atoms with Crippen LogP contribution in [0.25, 0.3) is 10.9 Å². The van der Waals surface area contributed by atoms with Crippen molar-refractivity contribution in [3.05, 3.63) is 46.9 Å². The number of carbonyl (C=O) groups is 3. The van der Waals surface area contributed by atoms with E-state index in [0.717, 1.165) is 24.8 Å². The summed E-state index contributed by atoms with van der Waals surface area (Å²) in [6, 6.07) is 5.30. The second-order valence-corrected chi connectivity index (χ2v) is 10.9. The molecule has 0 bridgehead atoms. The zero-order chi connectivity index (χ0) is 25.0. The average molecular weight is 477 g/mol. The Morgan fingerprint density at radius 2 is 1.91 bits per heavy atom. The summed E-state index contributed by atoms with van der Waals surface area (Å²) in [5.41, 5.74) is 2.89. The van der Waals surface area contributed by atoms with Crippen LogP contribution in [0, 0.1) is 5.41 Å². The molecule has 1 aliphatic carbocycles.